The third-order valence-electron chi connectivity index (χ3n) is 3.49. The minimum absolute atomic E-state index is 0.0146. The van der Waals surface area contributed by atoms with Gasteiger partial charge in [0.15, 0.2) is 0 Å². The van der Waals surface area contributed by atoms with Crippen LogP contribution < -0.4 is 0 Å². The Labute approximate surface area is 114 Å². The quantitative estimate of drug-likeness (QED) is 0.885. The molecule has 0 radical (unpaired) electrons. The molecule has 1 fully saturated rings. The summed E-state index contributed by atoms with van der Waals surface area (Å²) >= 11 is 0. The number of aromatic nitrogens is 2. The Morgan fingerprint density at radius 2 is 2.37 bits per heavy atom. The summed E-state index contributed by atoms with van der Waals surface area (Å²) in [7, 11) is -1.79. The Balaban J connectivity index is 2.20. The molecule has 7 heteroatoms. The molecule has 2 heterocycles. The number of nitrogens with one attached hydrogen (secondary N) is 1. The first-order valence-electron chi connectivity index (χ1n) is 6.56. The van der Waals surface area contributed by atoms with Crippen molar-refractivity contribution in [3.8, 4) is 0 Å². The first kappa shape index (κ1) is 14.5. The molecule has 108 valence electrons. The first-order valence-corrected chi connectivity index (χ1v) is 8.17. The van der Waals surface area contributed by atoms with Crippen LogP contribution in [0.15, 0.2) is 12.4 Å². The lowest BCUT2D eigenvalue weighted by molar-refractivity contribution is 0.133. The summed E-state index contributed by atoms with van der Waals surface area (Å²) in [5.74, 6) is 0.745. The topological polar surface area (TPSA) is 75.3 Å². The number of aromatic amines is 1. The van der Waals surface area contributed by atoms with Crippen LogP contribution >= 0.6 is 0 Å². The molecule has 0 unspecified atom stereocenters. The number of piperidine rings is 1. The van der Waals surface area contributed by atoms with Crippen LogP contribution in [0.1, 0.15) is 38.1 Å². The fourth-order valence-electron chi connectivity index (χ4n) is 2.43. The second kappa shape index (κ2) is 6.02. The van der Waals surface area contributed by atoms with E-state index in [9.17, 15) is 8.42 Å². The predicted octanol–water partition coefficient (Wildman–Crippen LogP) is 1.30. The minimum atomic E-state index is -3.32. The summed E-state index contributed by atoms with van der Waals surface area (Å²) in [5, 5.41) is 0. The number of imidazole rings is 1. The largest absolute Gasteiger partial charge is 0.381 e. The van der Waals surface area contributed by atoms with Crippen LogP contribution in [0.2, 0.25) is 0 Å². The molecule has 0 amide bonds. The van der Waals surface area contributed by atoms with Crippen molar-refractivity contribution in [2.24, 2.45) is 0 Å². The summed E-state index contributed by atoms with van der Waals surface area (Å²) in [5.41, 5.74) is 0. The molecule has 1 aliphatic rings. The van der Waals surface area contributed by atoms with Crippen LogP contribution in [0.3, 0.4) is 0 Å². The van der Waals surface area contributed by atoms with Crippen molar-refractivity contribution < 1.29 is 13.2 Å². The van der Waals surface area contributed by atoms with E-state index in [1.165, 1.54) is 7.11 Å². The minimum Gasteiger partial charge on any atom is -0.381 e. The summed E-state index contributed by atoms with van der Waals surface area (Å²) in [4.78, 5) is 7.24. The molecule has 2 rings (SSSR count). The Morgan fingerprint density at radius 1 is 1.58 bits per heavy atom. The zero-order chi connectivity index (χ0) is 13.9. The van der Waals surface area contributed by atoms with Crippen LogP contribution in [0, 0.1) is 0 Å². The summed E-state index contributed by atoms with van der Waals surface area (Å²) in [6.07, 6.45) is 5.83. The molecule has 1 saturated heterocycles. The average molecular weight is 287 g/mol. The van der Waals surface area contributed by atoms with Gasteiger partial charge < -0.3 is 9.72 Å². The van der Waals surface area contributed by atoms with E-state index >= 15 is 0 Å². The van der Waals surface area contributed by atoms with Crippen molar-refractivity contribution in [1.29, 1.82) is 0 Å². The van der Waals surface area contributed by atoms with Gasteiger partial charge in [0, 0.05) is 26.0 Å². The van der Waals surface area contributed by atoms with Gasteiger partial charge in [-0.3, -0.25) is 0 Å². The smallest absolute Gasteiger partial charge is 0.217 e. The van der Waals surface area contributed by atoms with Gasteiger partial charge >= 0.3 is 0 Å². The maximum atomic E-state index is 12.5. The number of methoxy groups -OCH3 is 1. The molecule has 2 atom stereocenters. The molecule has 0 saturated carbocycles. The Hall–Kier alpha value is -0.920. The predicted molar refractivity (Wildman–Crippen MR) is 72.1 cm³/mol. The average Bonchev–Trinajstić information content (AvgIpc) is 2.92. The summed E-state index contributed by atoms with van der Waals surface area (Å²) in [6, 6.07) is -0.169. The molecule has 0 aliphatic carbocycles. The fourth-order valence-corrected chi connectivity index (χ4v) is 4.35. The van der Waals surface area contributed by atoms with Crippen molar-refractivity contribution in [2.75, 3.05) is 19.4 Å². The van der Waals surface area contributed by atoms with Gasteiger partial charge in [0.25, 0.3) is 0 Å². The lowest BCUT2D eigenvalue weighted by Gasteiger charge is -2.34. The van der Waals surface area contributed by atoms with Crippen LogP contribution in [0.25, 0.3) is 0 Å². The summed E-state index contributed by atoms with van der Waals surface area (Å²) in [6.45, 7) is 2.33. The number of hydrogen-bond acceptors (Lipinski definition) is 4. The Bertz CT molecular complexity index is 486. The number of rotatable bonds is 5. The molecule has 1 aliphatic heterocycles. The van der Waals surface area contributed by atoms with E-state index in [0.717, 1.165) is 25.1 Å². The van der Waals surface area contributed by atoms with Gasteiger partial charge in [-0.25, -0.2) is 13.4 Å². The lowest BCUT2D eigenvalue weighted by atomic mass is 10.0. The van der Waals surface area contributed by atoms with Crippen LogP contribution in [-0.4, -0.2) is 48.2 Å². The standard InChI is InChI=1S/C12H21N3O3S/c1-10(18-2)9-19(16,17)15-8-4-3-5-11(15)12-13-6-7-14-12/h6-7,10-11H,3-5,8-9H2,1-2H3,(H,13,14)/t10-,11-/m0/s1. The van der Waals surface area contributed by atoms with E-state index in [2.05, 4.69) is 9.97 Å². The highest BCUT2D eigenvalue weighted by Gasteiger charge is 2.35. The molecule has 0 aromatic carbocycles. The van der Waals surface area contributed by atoms with E-state index in [4.69, 9.17) is 4.74 Å². The second-order valence-corrected chi connectivity index (χ2v) is 6.89. The molecular weight excluding hydrogens is 266 g/mol. The zero-order valence-electron chi connectivity index (χ0n) is 11.4. The van der Waals surface area contributed by atoms with Crippen LogP contribution in [-0.2, 0) is 14.8 Å². The van der Waals surface area contributed by atoms with Gasteiger partial charge in [-0.15, -0.1) is 0 Å². The third kappa shape index (κ3) is 3.34. The monoisotopic (exact) mass is 287 g/mol. The molecular formula is C12H21N3O3S. The van der Waals surface area contributed by atoms with Crippen molar-refractivity contribution in [3.63, 3.8) is 0 Å². The number of H-pyrrole nitrogens is 1. The number of hydrogen-bond donors (Lipinski definition) is 1. The van der Waals surface area contributed by atoms with Gasteiger partial charge in [-0.2, -0.15) is 4.31 Å². The van der Waals surface area contributed by atoms with Gasteiger partial charge in [-0.1, -0.05) is 6.42 Å². The molecule has 19 heavy (non-hydrogen) atoms. The van der Waals surface area contributed by atoms with Crippen molar-refractivity contribution in [1.82, 2.24) is 14.3 Å². The highest BCUT2D eigenvalue weighted by Crippen LogP contribution is 2.31. The maximum Gasteiger partial charge on any atom is 0.217 e. The molecule has 1 aromatic rings. The lowest BCUT2D eigenvalue weighted by Crippen LogP contribution is -2.42. The van der Waals surface area contributed by atoms with Crippen LogP contribution in [0.4, 0.5) is 0 Å². The third-order valence-corrected chi connectivity index (χ3v) is 5.54. The molecule has 0 spiro atoms. The van der Waals surface area contributed by atoms with Crippen LogP contribution in [0.5, 0.6) is 0 Å². The molecule has 1 aromatic heterocycles. The molecule has 1 N–H and O–H groups in total. The van der Waals surface area contributed by atoms with E-state index in [0.29, 0.717) is 6.54 Å². The van der Waals surface area contributed by atoms with Gasteiger partial charge in [0.2, 0.25) is 10.0 Å². The summed E-state index contributed by atoms with van der Waals surface area (Å²) < 4.78 is 31.6. The number of nitrogens with zero attached hydrogens (tertiary/aromatic N) is 2. The zero-order valence-corrected chi connectivity index (χ0v) is 12.2. The first-order chi connectivity index (χ1) is 9.04. The van der Waals surface area contributed by atoms with Gasteiger partial charge in [0.05, 0.1) is 17.9 Å². The van der Waals surface area contributed by atoms with E-state index in [-0.39, 0.29) is 17.9 Å². The number of ether oxygens (including phenoxy) is 1. The van der Waals surface area contributed by atoms with Gasteiger partial charge in [-0.05, 0) is 19.8 Å². The Morgan fingerprint density at radius 3 is 3.00 bits per heavy atom. The Kier molecular flexibility index (Phi) is 4.59. The SMILES string of the molecule is CO[C@@H](C)CS(=O)(=O)N1CCCC[C@H]1c1ncc[nH]1. The van der Waals surface area contributed by atoms with E-state index in [1.54, 1.807) is 23.6 Å². The van der Waals surface area contributed by atoms with E-state index in [1.807, 2.05) is 0 Å². The van der Waals surface area contributed by atoms with Crippen molar-refractivity contribution in [3.05, 3.63) is 18.2 Å². The highest BCUT2D eigenvalue weighted by atomic mass is 32.2. The second-order valence-electron chi connectivity index (χ2n) is 4.92. The van der Waals surface area contributed by atoms with E-state index < -0.39 is 10.0 Å². The maximum absolute atomic E-state index is 12.5. The highest BCUT2D eigenvalue weighted by molar-refractivity contribution is 7.89. The van der Waals surface area contributed by atoms with Crippen molar-refractivity contribution >= 4 is 10.0 Å². The number of sulfonamides is 1. The molecule has 0 bridgehead atoms. The van der Waals surface area contributed by atoms with Gasteiger partial charge in [0.1, 0.15) is 5.82 Å². The van der Waals surface area contributed by atoms with Crippen molar-refractivity contribution in [2.45, 2.75) is 38.3 Å². The normalized spacial score (nSPS) is 23.4. The fraction of sp³-hybridized carbons (Fsp3) is 0.750. The molecule has 6 nitrogen and oxygen atoms in total.